The molecule has 0 radical (unpaired) electrons. The highest BCUT2D eigenvalue weighted by molar-refractivity contribution is 5.81. The summed E-state index contributed by atoms with van der Waals surface area (Å²) in [6.45, 7) is 4.16. The lowest BCUT2D eigenvalue weighted by Gasteiger charge is -2.30. The van der Waals surface area contributed by atoms with Gasteiger partial charge in [0.05, 0.1) is 6.54 Å². The van der Waals surface area contributed by atoms with E-state index in [4.69, 9.17) is 0 Å². The van der Waals surface area contributed by atoms with Gasteiger partial charge in [-0.3, -0.25) is 10.1 Å². The standard InChI is InChI=1S/C13H16F2N2O/c1-3-8(2)17-12(18)7-16-13(17)9-4-5-10(14)11(15)6-9/h4-6,8,13,16H,3,7H2,1-2H3. The van der Waals surface area contributed by atoms with Crippen LogP contribution in [0.25, 0.3) is 0 Å². The molecule has 0 aromatic heterocycles. The first-order chi connectivity index (χ1) is 8.54. The fourth-order valence-corrected chi connectivity index (χ4v) is 2.18. The van der Waals surface area contributed by atoms with Gasteiger partial charge in [0.1, 0.15) is 6.17 Å². The third-order valence-electron chi connectivity index (χ3n) is 3.34. The van der Waals surface area contributed by atoms with Crippen LogP contribution in [0.3, 0.4) is 0 Å². The van der Waals surface area contributed by atoms with Crippen molar-refractivity contribution in [2.45, 2.75) is 32.5 Å². The number of nitrogens with zero attached hydrogens (tertiary/aromatic N) is 1. The highest BCUT2D eigenvalue weighted by Crippen LogP contribution is 2.26. The van der Waals surface area contributed by atoms with Crippen LogP contribution in [0.1, 0.15) is 32.0 Å². The molecular formula is C13H16F2N2O. The van der Waals surface area contributed by atoms with Gasteiger partial charge >= 0.3 is 0 Å². The van der Waals surface area contributed by atoms with E-state index in [1.807, 2.05) is 13.8 Å². The minimum absolute atomic E-state index is 0.0147. The fourth-order valence-electron chi connectivity index (χ4n) is 2.18. The number of carbonyl (C=O) groups is 1. The van der Waals surface area contributed by atoms with Crippen LogP contribution in [0.5, 0.6) is 0 Å². The molecule has 1 aliphatic heterocycles. The Morgan fingerprint density at radius 1 is 1.44 bits per heavy atom. The van der Waals surface area contributed by atoms with Gasteiger partial charge in [-0.2, -0.15) is 0 Å². The SMILES string of the molecule is CCC(C)N1C(=O)CNC1c1ccc(F)c(F)c1. The summed E-state index contributed by atoms with van der Waals surface area (Å²) in [5.74, 6) is -1.78. The number of hydrogen-bond donors (Lipinski definition) is 1. The Kier molecular flexibility index (Phi) is 3.61. The summed E-state index contributed by atoms with van der Waals surface area (Å²) in [5.41, 5.74) is 0.569. The van der Waals surface area contributed by atoms with Crippen LogP contribution in [-0.4, -0.2) is 23.4 Å². The third-order valence-corrected chi connectivity index (χ3v) is 3.34. The van der Waals surface area contributed by atoms with E-state index in [0.29, 0.717) is 5.56 Å². The summed E-state index contributed by atoms with van der Waals surface area (Å²) in [5, 5.41) is 3.02. The molecular weight excluding hydrogens is 238 g/mol. The lowest BCUT2D eigenvalue weighted by Crippen LogP contribution is -2.37. The van der Waals surface area contributed by atoms with Gasteiger partial charge in [0.2, 0.25) is 5.91 Å². The molecule has 98 valence electrons. The van der Waals surface area contributed by atoms with Gasteiger partial charge in [0, 0.05) is 6.04 Å². The molecule has 1 aromatic carbocycles. The molecule has 1 heterocycles. The topological polar surface area (TPSA) is 32.3 Å². The number of hydrogen-bond acceptors (Lipinski definition) is 2. The van der Waals surface area contributed by atoms with E-state index in [2.05, 4.69) is 5.32 Å². The van der Waals surface area contributed by atoms with Crippen LogP contribution in [-0.2, 0) is 4.79 Å². The van der Waals surface area contributed by atoms with E-state index in [9.17, 15) is 13.6 Å². The minimum atomic E-state index is -0.891. The van der Waals surface area contributed by atoms with E-state index < -0.39 is 11.6 Å². The smallest absolute Gasteiger partial charge is 0.238 e. The lowest BCUT2D eigenvalue weighted by molar-refractivity contribution is -0.130. The second kappa shape index (κ2) is 5.02. The quantitative estimate of drug-likeness (QED) is 0.896. The molecule has 1 fully saturated rings. The van der Waals surface area contributed by atoms with Crippen molar-refractivity contribution < 1.29 is 13.6 Å². The van der Waals surface area contributed by atoms with E-state index in [1.54, 1.807) is 4.90 Å². The molecule has 0 spiro atoms. The molecule has 2 unspecified atom stereocenters. The predicted molar refractivity (Wildman–Crippen MR) is 63.7 cm³/mol. The van der Waals surface area contributed by atoms with Crippen molar-refractivity contribution in [3.05, 3.63) is 35.4 Å². The van der Waals surface area contributed by atoms with E-state index in [-0.39, 0.29) is 24.7 Å². The predicted octanol–water partition coefficient (Wildman–Crippen LogP) is 2.19. The monoisotopic (exact) mass is 254 g/mol. The summed E-state index contributed by atoms with van der Waals surface area (Å²) in [6.07, 6.45) is 0.440. The molecule has 1 aliphatic rings. The van der Waals surface area contributed by atoms with Gasteiger partial charge in [-0.15, -0.1) is 0 Å². The Bertz CT molecular complexity index is 464. The molecule has 0 bridgehead atoms. The molecule has 1 aromatic rings. The van der Waals surface area contributed by atoms with Crippen molar-refractivity contribution in [2.75, 3.05) is 6.54 Å². The van der Waals surface area contributed by atoms with E-state index >= 15 is 0 Å². The van der Waals surface area contributed by atoms with Crippen molar-refractivity contribution in [3.63, 3.8) is 0 Å². The molecule has 2 rings (SSSR count). The van der Waals surface area contributed by atoms with Crippen molar-refractivity contribution in [2.24, 2.45) is 0 Å². The zero-order chi connectivity index (χ0) is 13.3. The highest BCUT2D eigenvalue weighted by atomic mass is 19.2. The summed E-state index contributed by atoms with van der Waals surface area (Å²) in [4.78, 5) is 13.5. The molecule has 1 amide bonds. The van der Waals surface area contributed by atoms with Crippen LogP contribution in [0.4, 0.5) is 8.78 Å². The number of rotatable bonds is 3. The summed E-state index contributed by atoms with van der Waals surface area (Å²) in [6, 6.07) is 3.79. The molecule has 5 heteroatoms. The maximum atomic E-state index is 13.2. The van der Waals surface area contributed by atoms with Crippen LogP contribution in [0, 0.1) is 11.6 Å². The highest BCUT2D eigenvalue weighted by Gasteiger charge is 2.34. The number of halogens is 2. The number of benzene rings is 1. The van der Waals surface area contributed by atoms with Crippen LogP contribution in [0.2, 0.25) is 0 Å². The number of carbonyl (C=O) groups excluding carboxylic acids is 1. The average molecular weight is 254 g/mol. The maximum Gasteiger partial charge on any atom is 0.238 e. The van der Waals surface area contributed by atoms with Crippen molar-refractivity contribution in [1.29, 1.82) is 0 Å². The van der Waals surface area contributed by atoms with E-state index in [1.165, 1.54) is 6.07 Å². The lowest BCUT2D eigenvalue weighted by atomic mass is 10.1. The summed E-state index contributed by atoms with van der Waals surface area (Å²) in [7, 11) is 0. The third kappa shape index (κ3) is 2.22. The van der Waals surface area contributed by atoms with Crippen molar-refractivity contribution >= 4 is 5.91 Å². The zero-order valence-electron chi connectivity index (χ0n) is 10.4. The van der Waals surface area contributed by atoms with E-state index in [0.717, 1.165) is 18.6 Å². The first kappa shape index (κ1) is 13.0. The van der Waals surface area contributed by atoms with Gasteiger partial charge in [0.25, 0.3) is 0 Å². The van der Waals surface area contributed by atoms with Crippen LogP contribution >= 0.6 is 0 Å². The Hall–Kier alpha value is -1.49. The molecule has 0 aliphatic carbocycles. The van der Waals surface area contributed by atoms with Crippen LogP contribution in [0.15, 0.2) is 18.2 Å². The van der Waals surface area contributed by atoms with Gasteiger partial charge in [-0.1, -0.05) is 13.0 Å². The van der Waals surface area contributed by atoms with Gasteiger partial charge < -0.3 is 4.90 Å². The maximum absolute atomic E-state index is 13.2. The Labute approximate surface area is 105 Å². The second-order valence-electron chi connectivity index (χ2n) is 4.52. The van der Waals surface area contributed by atoms with Crippen molar-refractivity contribution in [3.8, 4) is 0 Å². The van der Waals surface area contributed by atoms with Gasteiger partial charge in [-0.25, -0.2) is 8.78 Å². The summed E-state index contributed by atoms with van der Waals surface area (Å²) >= 11 is 0. The molecule has 3 nitrogen and oxygen atoms in total. The number of nitrogens with one attached hydrogen (secondary N) is 1. The van der Waals surface area contributed by atoms with Gasteiger partial charge in [0.15, 0.2) is 11.6 Å². The van der Waals surface area contributed by atoms with Gasteiger partial charge in [-0.05, 0) is 31.0 Å². The molecule has 1 N–H and O–H groups in total. The zero-order valence-corrected chi connectivity index (χ0v) is 10.4. The first-order valence-electron chi connectivity index (χ1n) is 6.04. The number of amides is 1. The second-order valence-corrected chi connectivity index (χ2v) is 4.52. The van der Waals surface area contributed by atoms with Crippen LogP contribution < -0.4 is 5.32 Å². The first-order valence-corrected chi connectivity index (χ1v) is 6.04. The fraction of sp³-hybridized carbons (Fsp3) is 0.462. The molecule has 0 saturated carbocycles. The Morgan fingerprint density at radius 3 is 2.78 bits per heavy atom. The molecule has 1 saturated heterocycles. The van der Waals surface area contributed by atoms with Crippen molar-refractivity contribution in [1.82, 2.24) is 10.2 Å². The summed E-state index contributed by atoms with van der Waals surface area (Å²) < 4.78 is 26.1. The molecule has 2 atom stereocenters. The molecule has 18 heavy (non-hydrogen) atoms. The Balaban J connectivity index is 2.31. The average Bonchev–Trinajstić information content (AvgIpc) is 2.74. The normalized spacial score (nSPS) is 21.4. The Morgan fingerprint density at radius 2 is 2.17 bits per heavy atom. The minimum Gasteiger partial charge on any atom is -0.319 e. The largest absolute Gasteiger partial charge is 0.319 e.